The molecule has 0 saturated carbocycles. The molecule has 4 aromatic heterocycles. The van der Waals surface area contributed by atoms with E-state index >= 15 is 0 Å². The van der Waals surface area contributed by atoms with E-state index in [2.05, 4.69) is 228 Å². The topological polar surface area (TPSA) is 36.1 Å². The quantitative estimate of drug-likeness (QED) is 0.167. The molecule has 0 radical (unpaired) electrons. The van der Waals surface area contributed by atoms with E-state index in [1.807, 2.05) is 24.3 Å². The predicted octanol–water partition coefficient (Wildman–Crippen LogP) is 18.3. The summed E-state index contributed by atoms with van der Waals surface area (Å²) in [7, 11) is 0. The number of furan rings is 2. The van der Waals surface area contributed by atoms with E-state index in [1.54, 1.807) is 0 Å². The van der Waals surface area contributed by atoms with Crippen molar-refractivity contribution in [3.05, 3.63) is 243 Å². The lowest BCUT2D eigenvalue weighted by Gasteiger charge is -2.10. The van der Waals surface area contributed by atoms with Crippen LogP contribution in [0.4, 0.5) is 0 Å². The van der Waals surface area contributed by atoms with Crippen molar-refractivity contribution in [3.8, 4) is 55.9 Å². The standard InChI is InChI=1S/C66H40N2O2/c1-3-14-49(15-4-1)67-59-28-22-43(35-53(59)55-37-45(24-30-61(55)67)47-26-32-65-57(39-47)51-18-7-9-20-63(51)69-65)41-12-11-13-42(34-41)44-23-29-60-54(36-44)56-38-46(25-31-62(56)68(60)50-16-5-2-6-17-50)48-27-33-66-58(40-48)52-19-8-10-21-64(52)70-66/h1-40H. The Hall–Kier alpha value is -9.38. The van der Waals surface area contributed by atoms with E-state index in [-0.39, 0.29) is 0 Å². The SMILES string of the molecule is c1ccc(-n2c3ccc(-c4cccc(-c5ccc6c(c5)c5cc(-c7ccc8oc9ccccc9c8c7)ccc5n6-c5ccccc5)c4)cc3c3cc(-c4ccc5oc6ccccc6c5c4)ccc32)cc1. The van der Waals surface area contributed by atoms with Crippen LogP contribution in [-0.2, 0) is 0 Å². The van der Waals surface area contributed by atoms with Crippen LogP contribution in [0.25, 0.3) is 143 Å². The van der Waals surface area contributed by atoms with Crippen LogP contribution in [0.3, 0.4) is 0 Å². The maximum Gasteiger partial charge on any atom is 0.135 e. The fourth-order valence-corrected chi connectivity index (χ4v) is 11.2. The van der Waals surface area contributed by atoms with Gasteiger partial charge < -0.3 is 18.0 Å². The van der Waals surface area contributed by atoms with Gasteiger partial charge in [0.1, 0.15) is 22.3 Å². The number of nitrogens with zero attached hydrogens (tertiary/aromatic N) is 2. The first kappa shape index (κ1) is 38.7. The van der Waals surface area contributed by atoms with Gasteiger partial charge in [0, 0.05) is 54.5 Å². The summed E-state index contributed by atoms with van der Waals surface area (Å²) in [5.74, 6) is 0. The number of para-hydroxylation sites is 4. The van der Waals surface area contributed by atoms with Crippen molar-refractivity contribution in [2.24, 2.45) is 0 Å². The van der Waals surface area contributed by atoms with E-state index in [1.165, 1.54) is 77.0 Å². The molecule has 0 aliphatic rings. The van der Waals surface area contributed by atoms with Crippen molar-refractivity contribution < 1.29 is 8.83 Å². The monoisotopic (exact) mass is 892 g/mol. The molecule has 0 N–H and O–H groups in total. The number of benzene rings is 11. The van der Waals surface area contributed by atoms with Crippen molar-refractivity contribution in [1.29, 1.82) is 0 Å². The van der Waals surface area contributed by atoms with Gasteiger partial charge in [0.15, 0.2) is 0 Å². The molecule has 70 heavy (non-hydrogen) atoms. The second-order valence-electron chi connectivity index (χ2n) is 18.5. The summed E-state index contributed by atoms with van der Waals surface area (Å²) >= 11 is 0. The van der Waals surface area contributed by atoms with Crippen molar-refractivity contribution in [2.45, 2.75) is 0 Å². The van der Waals surface area contributed by atoms with E-state index in [0.717, 1.165) is 66.4 Å². The zero-order chi connectivity index (χ0) is 45.9. The fourth-order valence-electron chi connectivity index (χ4n) is 11.2. The summed E-state index contributed by atoms with van der Waals surface area (Å²) in [5.41, 5.74) is 19.9. The molecule has 0 saturated heterocycles. The van der Waals surface area contributed by atoms with E-state index in [9.17, 15) is 0 Å². The van der Waals surface area contributed by atoms with Crippen molar-refractivity contribution in [2.75, 3.05) is 0 Å². The molecule has 4 heterocycles. The number of hydrogen-bond acceptors (Lipinski definition) is 2. The molecule has 0 aliphatic heterocycles. The maximum absolute atomic E-state index is 6.20. The highest BCUT2D eigenvalue weighted by Gasteiger charge is 2.19. The summed E-state index contributed by atoms with van der Waals surface area (Å²) in [4.78, 5) is 0. The highest BCUT2D eigenvalue weighted by Crippen LogP contribution is 2.42. The molecule has 0 fully saturated rings. The lowest BCUT2D eigenvalue weighted by molar-refractivity contribution is 0.668. The summed E-state index contributed by atoms with van der Waals surface area (Å²) in [6, 6.07) is 87.8. The Balaban J connectivity index is 0.863. The van der Waals surface area contributed by atoms with Crippen LogP contribution in [0.15, 0.2) is 251 Å². The molecule has 0 amide bonds. The van der Waals surface area contributed by atoms with Gasteiger partial charge in [0.05, 0.1) is 22.1 Å². The third-order valence-electron chi connectivity index (χ3n) is 14.5. The first-order chi connectivity index (χ1) is 34.7. The molecule has 0 bridgehead atoms. The predicted molar refractivity (Wildman–Crippen MR) is 291 cm³/mol. The number of hydrogen-bond donors (Lipinski definition) is 0. The summed E-state index contributed by atoms with van der Waals surface area (Å²) in [5, 5.41) is 9.38. The minimum Gasteiger partial charge on any atom is -0.456 e. The molecule has 0 atom stereocenters. The Bertz CT molecular complexity index is 4300. The highest BCUT2D eigenvalue weighted by molar-refractivity contribution is 6.14. The largest absolute Gasteiger partial charge is 0.456 e. The van der Waals surface area contributed by atoms with Crippen LogP contribution in [0, 0.1) is 0 Å². The Morgan fingerprint density at radius 1 is 0.200 bits per heavy atom. The Morgan fingerprint density at radius 2 is 0.500 bits per heavy atom. The minimum atomic E-state index is 0.903. The molecule has 0 spiro atoms. The molecule has 0 unspecified atom stereocenters. The summed E-state index contributed by atoms with van der Waals surface area (Å²) < 4.78 is 17.2. The Labute approximate surface area is 402 Å². The van der Waals surface area contributed by atoms with Crippen molar-refractivity contribution in [3.63, 3.8) is 0 Å². The van der Waals surface area contributed by atoms with Crippen LogP contribution in [0.2, 0.25) is 0 Å². The normalized spacial score (nSPS) is 12.0. The Kier molecular flexibility index (Phi) is 8.33. The van der Waals surface area contributed by atoms with Gasteiger partial charge in [-0.3, -0.25) is 0 Å². The van der Waals surface area contributed by atoms with Gasteiger partial charge >= 0.3 is 0 Å². The second kappa shape index (κ2) is 15.1. The molecule has 0 aliphatic carbocycles. The van der Waals surface area contributed by atoms with E-state index in [0.29, 0.717) is 0 Å². The number of rotatable bonds is 6. The van der Waals surface area contributed by atoms with Crippen LogP contribution in [0.1, 0.15) is 0 Å². The summed E-state index contributed by atoms with van der Waals surface area (Å²) in [6.45, 7) is 0. The van der Waals surface area contributed by atoms with Crippen LogP contribution >= 0.6 is 0 Å². The van der Waals surface area contributed by atoms with Gasteiger partial charge in [-0.1, -0.05) is 127 Å². The van der Waals surface area contributed by atoms with Gasteiger partial charge in [0.25, 0.3) is 0 Å². The van der Waals surface area contributed by atoms with Gasteiger partial charge in [-0.05, 0) is 160 Å². The van der Waals surface area contributed by atoms with Gasteiger partial charge in [-0.25, -0.2) is 0 Å². The van der Waals surface area contributed by atoms with Gasteiger partial charge in [-0.15, -0.1) is 0 Å². The van der Waals surface area contributed by atoms with Crippen LogP contribution in [0.5, 0.6) is 0 Å². The lowest BCUT2D eigenvalue weighted by Crippen LogP contribution is -1.93. The molecular formula is C66H40N2O2. The second-order valence-corrected chi connectivity index (χ2v) is 18.5. The molecule has 11 aromatic carbocycles. The average molecular weight is 893 g/mol. The third-order valence-corrected chi connectivity index (χ3v) is 14.5. The third kappa shape index (κ3) is 5.97. The van der Waals surface area contributed by atoms with Crippen LogP contribution < -0.4 is 0 Å². The number of fused-ring (bicyclic) bond motifs is 12. The van der Waals surface area contributed by atoms with Gasteiger partial charge in [0.2, 0.25) is 0 Å². The maximum atomic E-state index is 6.20. The van der Waals surface area contributed by atoms with E-state index < -0.39 is 0 Å². The highest BCUT2D eigenvalue weighted by atomic mass is 16.3. The van der Waals surface area contributed by atoms with Crippen molar-refractivity contribution >= 4 is 87.5 Å². The zero-order valence-corrected chi connectivity index (χ0v) is 37.8. The van der Waals surface area contributed by atoms with Crippen LogP contribution in [-0.4, -0.2) is 9.13 Å². The smallest absolute Gasteiger partial charge is 0.135 e. The lowest BCUT2D eigenvalue weighted by atomic mass is 9.96. The molecule has 15 rings (SSSR count). The first-order valence-electron chi connectivity index (χ1n) is 23.9. The molecule has 4 heteroatoms. The van der Waals surface area contributed by atoms with E-state index in [4.69, 9.17) is 8.83 Å². The average Bonchev–Trinajstić information content (AvgIpc) is 4.18. The fraction of sp³-hybridized carbons (Fsp3) is 0. The minimum absolute atomic E-state index is 0.903. The van der Waals surface area contributed by atoms with Gasteiger partial charge in [-0.2, -0.15) is 0 Å². The number of aromatic nitrogens is 2. The summed E-state index contributed by atoms with van der Waals surface area (Å²) in [6.07, 6.45) is 0. The molecule has 15 aromatic rings. The zero-order valence-electron chi connectivity index (χ0n) is 37.8. The van der Waals surface area contributed by atoms with Crippen molar-refractivity contribution in [1.82, 2.24) is 9.13 Å². The molecule has 4 nitrogen and oxygen atoms in total. The molecular weight excluding hydrogens is 853 g/mol. The first-order valence-corrected chi connectivity index (χ1v) is 23.9. The Morgan fingerprint density at radius 3 is 0.886 bits per heavy atom. The molecule has 326 valence electrons.